The van der Waals surface area contributed by atoms with Crippen molar-refractivity contribution in [2.24, 2.45) is 5.92 Å². The van der Waals surface area contributed by atoms with E-state index in [0.29, 0.717) is 5.92 Å². The summed E-state index contributed by atoms with van der Waals surface area (Å²) < 4.78 is 10.7. The van der Waals surface area contributed by atoms with E-state index in [0.717, 1.165) is 13.0 Å². The molecule has 0 aliphatic carbocycles. The van der Waals surface area contributed by atoms with Gasteiger partial charge in [-0.05, 0) is 25.3 Å². The van der Waals surface area contributed by atoms with Crippen LogP contribution in [0.2, 0.25) is 0 Å². The van der Waals surface area contributed by atoms with Gasteiger partial charge in [0.05, 0.1) is 6.26 Å². The zero-order valence-electron chi connectivity index (χ0n) is 7.46. The van der Waals surface area contributed by atoms with Crippen LogP contribution < -0.4 is 0 Å². The summed E-state index contributed by atoms with van der Waals surface area (Å²) in [7, 11) is 0. The van der Waals surface area contributed by atoms with Gasteiger partial charge in [0.1, 0.15) is 0 Å². The highest BCUT2D eigenvalue weighted by molar-refractivity contribution is 5.01. The summed E-state index contributed by atoms with van der Waals surface area (Å²) in [5.41, 5.74) is 1.31. The molecule has 2 heteroatoms. The Hall–Kier alpha value is -0.500. The van der Waals surface area contributed by atoms with Crippen LogP contribution in [-0.4, -0.2) is 12.9 Å². The molecule has 64 valence electrons. The predicted octanol–water partition coefficient (Wildman–Crippen LogP) is 2.31. The van der Waals surface area contributed by atoms with E-state index < -0.39 is 0 Å². The van der Waals surface area contributed by atoms with Crippen molar-refractivity contribution in [1.29, 1.82) is 0 Å². The topological polar surface area (TPSA) is 18.5 Å². The summed E-state index contributed by atoms with van der Waals surface area (Å²) in [5.74, 6) is 0.597. The van der Waals surface area contributed by atoms with Crippen molar-refractivity contribution in [3.63, 3.8) is 0 Å². The average molecular weight is 156 g/mol. The largest absolute Gasteiger partial charge is 0.473 e. The number of allylic oxidation sites excluding steroid dienone is 1. The fourth-order valence-corrected chi connectivity index (χ4v) is 1.12. The van der Waals surface area contributed by atoms with E-state index in [2.05, 4.69) is 13.8 Å². The zero-order valence-corrected chi connectivity index (χ0v) is 7.46. The highest BCUT2D eigenvalue weighted by Gasteiger charge is 2.19. The van der Waals surface area contributed by atoms with Crippen LogP contribution in [0.3, 0.4) is 0 Å². The summed E-state index contributed by atoms with van der Waals surface area (Å²) in [5, 5.41) is 0. The van der Waals surface area contributed by atoms with Gasteiger partial charge in [-0.3, -0.25) is 0 Å². The molecule has 11 heavy (non-hydrogen) atoms. The fourth-order valence-electron chi connectivity index (χ4n) is 1.12. The molecule has 0 aromatic heterocycles. The maximum Gasteiger partial charge on any atom is 0.199 e. The molecule has 0 spiro atoms. The monoisotopic (exact) mass is 156 g/mol. The molecule has 0 aromatic carbocycles. The molecule has 2 nitrogen and oxygen atoms in total. The van der Waals surface area contributed by atoms with E-state index >= 15 is 0 Å². The molecule has 1 rings (SSSR count). The highest BCUT2D eigenvalue weighted by atomic mass is 16.7. The minimum Gasteiger partial charge on any atom is -0.473 e. The standard InChI is InChI=1S/C9H16O2/c1-4-10-9-5-7(2)8(3)6-11-9/h6-7,9H,4-5H2,1-3H3. The zero-order chi connectivity index (χ0) is 8.27. The van der Waals surface area contributed by atoms with Crippen molar-refractivity contribution >= 4 is 0 Å². The second kappa shape index (κ2) is 3.77. The van der Waals surface area contributed by atoms with Crippen LogP contribution in [0.1, 0.15) is 27.2 Å². The molecule has 0 radical (unpaired) electrons. The van der Waals surface area contributed by atoms with E-state index in [1.165, 1.54) is 5.57 Å². The molecule has 1 aliphatic rings. The SMILES string of the molecule is CCOC1CC(C)C(C)=CO1. The molecule has 0 aromatic rings. The summed E-state index contributed by atoms with van der Waals surface area (Å²) in [6, 6.07) is 0. The number of ether oxygens (including phenoxy) is 2. The quantitative estimate of drug-likeness (QED) is 0.610. The van der Waals surface area contributed by atoms with Crippen LogP contribution in [0.15, 0.2) is 11.8 Å². The molecule has 0 bridgehead atoms. The summed E-state index contributed by atoms with van der Waals surface area (Å²) in [6.45, 7) is 7.00. The third-order valence-electron chi connectivity index (χ3n) is 2.08. The molecule has 2 unspecified atom stereocenters. The Bertz CT molecular complexity index is 152. The average Bonchev–Trinajstić information content (AvgIpc) is 1.98. The van der Waals surface area contributed by atoms with Crippen LogP contribution in [-0.2, 0) is 9.47 Å². The predicted molar refractivity (Wildman–Crippen MR) is 44.0 cm³/mol. The van der Waals surface area contributed by atoms with Crippen molar-refractivity contribution < 1.29 is 9.47 Å². The number of hydrogen-bond acceptors (Lipinski definition) is 2. The Morgan fingerprint density at radius 1 is 1.73 bits per heavy atom. The van der Waals surface area contributed by atoms with Gasteiger partial charge in [0.15, 0.2) is 6.29 Å². The minimum absolute atomic E-state index is 0.0151. The normalized spacial score (nSPS) is 31.0. The first kappa shape index (κ1) is 8.60. The van der Waals surface area contributed by atoms with Gasteiger partial charge in [0.2, 0.25) is 0 Å². The Labute approximate surface area is 68.2 Å². The van der Waals surface area contributed by atoms with Crippen molar-refractivity contribution in [2.75, 3.05) is 6.61 Å². The van der Waals surface area contributed by atoms with Crippen molar-refractivity contribution in [3.05, 3.63) is 11.8 Å². The van der Waals surface area contributed by atoms with Crippen LogP contribution in [0.25, 0.3) is 0 Å². The van der Waals surface area contributed by atoms with Crippen LogP contribution in [0.4, 0.5) is 0 Å². The molecule has 1 heterocycles. The Morgan fingerprint density at radius 3 is 3.00 bits per heavy atom. The number of rotatable bonds is 2. The van der Waals surface area contributed by atoms with Crippen molar-refractivity contribution in [3.8, 4) is 0 Å². The molecular weight excluding hydrogens is 140 g/mol. The lowest BCUT2D eigenvalue weighted by atomic mass is 9.98. The third kappa shape index (κ3) is 2.22. The van der Waals surface area contributed by atoms with E-state index in [1.807, 2.05) is 13.2 Å². The van der Waals surface area contributed by atoms with E-state index in [-0.39, 0.29) is 6.29 Å². The summed E-state index contributed by atoms with van der Waals surface area (Å²) in [4.78, 5) is 0. The molecule has 0 fully saturated rings. The smallest absolute Gasteiger partial charge is 0.199 e. The first-order valence-electron chi connectivity index (χ1n) is 4.17. The Morgan fingerprint density at radius 2 is 2.45 bits per heavy atom. The first-order chi connectivity index (χ1) is 5.24. The van der Waals surface area contributed by atoms with E-state index in [9.17, 15) is 0 Å². The summed E-state index contributed by atoms with van der Waals surface area (Å²) in [6.07, 6.45) is 2.78. The van der Waals surface area contributed by atoms with Gasteiger partial charge in [0.25, 0.3) is 0 Å². The molecular formula is C9H16O2. The lowest BCUT2D eigenvalue weighted by molar-refractivity contribution is -0.119. The highest BCUT2D eigenvalue weighted by Crippen LogP contribution is 2.23. The van der Waals surface area contributed by atoms with Crippen molar-refractivity contribution in [1.82, 2.24) is 0 Å². The van der Waals surface area contributed by atoms with Crippen molar-refractivity contribution in [2.45, 2.75) is 33.5 Å². The maximum absolute atomic E-state index is 5.33. The van der Waals surface area contributed by atoms with Gasteiger partial charge in [-0.2, -0.15) is 0 Å². The van der Waals surface area contributed by atoms with Crippen LogP contribution >= 0.6 is 0 Å². The van der Waals surface area contributed by atoms with E-state index in [4.69, 9.17) is 9.47 Å². The lowest BCUT2D eigenvalue weighted by Crippen LogP contribution is -2.22. The third-order valence-corrected chi connectivity index (χ3v) is 2.08. The summed E-state index contributed by atoms with van der Waals surface area (Å²) >= 11 is 0. The lowest BCUT2D eigenvalue weighted by Gasteiger charge is -2.25. The molecule has 0 amide bonds. The second-order valence-corrected chi connectivity index (χ2v) is 3.02. The minimum atomic E-state index is -0.0151. The second-order valence-electron chi connectivity index (χ2n) is 3.02. The molecule has 1 aliphatic heterocycles. The van der Waals surface area contributed by atoms with Crippen LogP contribution in [0, 0.1) is 5.92 Å². The van der Waals surface area contributed by atoms with Gasteiger partial charge in [-0.15, -0.1) is 0 Å². The molecule has 0 saturated heterocycles. The molecule has 2 atom stereocenters. The number of hydrogen-bond donors (Lipinski definition) is 0. The van der Waals surface area contributed by atoms with Gasteiger partial charge in [-0.25, -0.2) is 0 Å². The van der Waals surface area contributed by atoms with Crippen LogP contribution in [0.5, 0.6) is 0 Å². The van der Waals surface area contributed by atoms with Gasteiger partial charge < -0.3 is 9.47 Å². The first-order valence-corrected chi connectivity index (χ1v) is 4.17. The van der Waals surface area contributed by atoms with E-state index in [1.54, 1.807) is 0 Å². The Balaban J connectivity index is 2.42. The molecule has 0 N–H and O–H groups in total. The fraction of sp³-hybridized carbons (Fsp3) is 0.778. The van der Waals surface area contributed by atoms with Gasteiger partial charge in [-0.1, -0.05) is 6.92 Å². The maximum atomic E-state index is 5.33. The van der Waals surface area contributed by atoms with Gasteiger partial charge >= 0.3 is 0 Å². The molecule has 0 saturated carbocycles. The van der Waals surface area contributed by atoms with Gasteiger partial charge in [0, 0.05) is 13.0 Å². The Kier molecular flexibility index (Phi) is 2.94.